The number of ether oxygens (including phenoxy) is 1. The third kappa shape index (κ3) is 3.65. The van der Waals surface area contributed by atoms with E-state index in [0.29, 0.717) is 0 Å². The summed E-state index contributed by atoms with van der Waals surface area (Å²) in [6.45, 7) is 5.79. The molecule has 27 heavy (non-hydrogen) atoms. The van der Waals surface area contributed by atoms with Gasteiger partial charge in [-0.1, -0.05) is 0 Å². The molecule has 8 heteroatoms. The molecule has 1 atom stereocenters. The monoisotopic (exact) mass is 379 g/mol. The van der Waals surface area contributed by atoms with Crippen molar-refractivity contribution in [3.8, 4) is 0 Å². The number of halogens is 2. The Bertz CT molecular complexity index is 902. The van der Waals surface area contributed by atoms with Crippen LogP contribution >= 0.6 is 0 Å². The predicted octanol–water partition coefficient (Wildman–Crippen LogP) is 3.10. The van der Waals surface area contributed by atoms with Gasteiger partial charge in [-0.05, 0) is 44.7 Å². The number of hydrogen-bond acceptors (Lipinski definition) is 4. The Morgan fingerprint density at radius 3 is 2.56 bits per heavy atom. The highest BCUT2D eigenvalue weighted by Gasteiger charge is 2.31. The largest absolute Gasteiger partial charge is 0.444 e. The normalized spacial score (nSPS) is 16.4. The van der Waals surface area contributed by atoms with Gasteiger partial charge in [0.1, 0.15) is 22.9 Å². The Morgan fingerprint density at radius 1 is 1.33 bits per heavy atom. The van der Waals surface area contributed by atoms with Gasteiger partial charge in [-0.3, -0.25) is 0 Å². The lowest BCUT2D eigenvalue weighted by Crippen LogP contribution is -2.35. The molecule has 1 amide bonds. The maximum Gasteiger partial charge on any atom is 0.410 e. The molecule has 0 bridgehead atoms. The number of likely N-dealkylation sites (N-methyl/N-ethyl adjacent to an activating group) is 1. The highest BCUT2D eigenvalue weighted by atomic mass is 19.1. The van der Waals surface area contributed by atoms with Crippen molar-refractivity contribution in [2.45, 2.75) is 45.8 Å². The zero-order valence-electron chi connectivity index (χ0n) is 15.9. The van der Waals surface area contributed by atoms with Gasteiger partial charge in [0.15, 0.2) is 11.6 Å². The smallest absolute Gasteiger partial charge is 0.410 e. The quantitative estimate of drug-likeness (QED) is 0.766. The number of carbonyl (C=O) groups is 2. The average molecular weight is 379 g/mol. The van der Waals surface area contributed by atoms with Crippen LogP contribution in [0.1, 0.15) is 31.9 Å². The van der Waals surface area contributed by atoms with Crippen LogP contribution in [0.15, 0.2) is 6.33 Å². The third-order valence-corrected chi connectivity index (χ3v) is 4.65. The van der Waals surface area contributed by atoms with Gasteiger partial charge in [-0.15, -0.1) is 0 Å². The van der Waals surface area contributed by atoms with Crippen molar-refractivity contribution in [3.05, 3.63) is 29.1 Å². The number of imidazole rings is 1. The van der Waals surface area contributed by atoms with Gasteiger partial charge in [0.25, 0.3) is 0 Å². The molecule has 1 aliphatic carbocycles. The second kappa shape index (κ2) is 6.90. The fraction of sp³-hybridized carbons (Fsp3) is 0.526. The van der Waals surface area contributed by atoms with E-state index >= 15 is 4.39 Å². The molecule has 1 unspecified atom stereocenters. The van der Waals surface area contributed by atoms with Crippen molar-refractivity contribution in [1.29, 1.82) is 0 Å². The molecule has 1 aliphatic rings. The maximum absolute atomic E-state index is 15.0. The number of carbonyl (C=O) groups excluding carboxylic acids is 2. The molecule has 6 nitrogen and oxygen atoms in total. The van der Waals surface area contributed by atoms with Gasteiger partial charge in [-0.2, -0.15) is 0 Å². The van der Waals surface area contributed by atoms with Crippen LogP contribution in [0.25, 0.3) is 11.0 Å². The van der Waals surface area contributed by atoms with Crippen molar-refractivity contribution in [1.82, 2.24) is 14.5 Å². The first-order valence-corrected chi connectivity index (χ1v) is 8.85. The molecule has 0 fully saturated rings. The van der Waals surface area contributed by atoms with Crippen molar-refractivity contribution < 1.29 is 23.1 Å². The Balaban J connectivity index is 1.84. The summed E-state index contributed by atoms with van der Waals surface area (Å²) >= 11 is 0. The molecule has 1 aromatic heterocycles. The van der Waals surface area contributed by atoms with Crippen LogP contribution in [-0.4, -0.2) is 46.0 Å². The molecule has 1 heterocycles. The van der Waals surface area contributed by atoms with Crippen molar-refractivity contribution in [3.63, 3.8) is 0 Å². The van der Waals surface area contributed by atoms with E-state index in [1.165, 1.54) is 15.8 Å². The van der Waals surface area contributed by atoms with Crippen LogP contribution in [0.2, 0.25) is 0 Å². The number of nitrogens with zero attached hydrogens (tertiary/aromatic N) is 3. The lowest BCUT2D eigenvalue weighted by molar-refractivity contribution is -0.110. The maximum atomic E-state index is 15.0. The Hall–Kier alpha value is -2.51. The van der Waals surface area contributed by atoms with Crippen LogP contribution in [0.5, 0.6) is 0 Å². The molecule has 0 saturated heterocycles. The number of rotatable bonds is 4. The number of fused-ring (bicyclic) bond motifs is 2. The fourth-order valence-electron chi connectivity index (χ4n) is 3.30. The molecular weight excluding hydrogens is 356 g/mol. The molecule has 1 aromatic carbocycles. The molecule has 0 saturated carbocycles. The summed E-state index contributed by atoms with van der Waals surface area (Å²) in [5.41, 5.74) is -0.0986. The van der Waals surface area contributed by atoms with Gasteiger partial charge < -0.3 is 19.0 Å². The number of benzene rings is 1. The molecule has 0 aliphatic heterocycles. The molecule has 3 rings (SSSR count). The number of hydrogen-bond donors (Lipinski definition) is 0. The molecule has 0 spiro atoms. The second-order valence-electron chi connectivity index (χ2n) is 7.93. The molecule has 2 aromatic rings. The Morgan fingerprint density at radius 2 is 1.96 bits per heavy atom. The fourth-order valence-corrected chi connectivity index (χ4v) is 3.30. The summed E-state index contributed by atoms with van der Waals surface area (Å²) in [7, 11) is 1.58. The van der Waals surface area contributed by atoms with Gasteiger partial charge in [0.05, 0.1) is 6.33 Å². The van der Waals surface area contributed by atoms with E-state index in [2.05, 4.69) is 4.98 Å². The van der Waals surface area contributed by atoms with Crippen LogP contribution < -0.4 is 0 Å². The molecule has 0 N–H and O–H groups in total. The highest BCUT2D eigenvalue weighted by molar-refractivity contribution is 5.80. The van der Waals surface area contributed by atoms with Crippen LogP contribution in [0.3, 0.4) is 0 Å². The van der Waals surface area contributed by atoms with Gasteiger partial charge in [-0.25, -0.2) is 18.6 Å². The van der Waals surface area contributed by atoms with E-state index in [4.69, 9.17) is 4.74 Å². The predicted molar refractivity (Wildman–Crippen MR) is 95.5 cm³/mol. The lowest BCUT2D eigenvalue weighted by Gasteiger charge is -2.24. The number of aldehydes is 1. The first-order chi connectivity index (χ1) is 12.6. The van der Waals surface area contributed by atoms with Crippen LogP contribution in [-0.2, 0) is 28.9 Å². The van der Waals surface area contributed by atoms with Crippen LogP contribution in [0, 0.1) is 17.6 Å². The zero-order chi connectivity index (χ0) is 19.9. The first kappa shape index (κ1) is 19.3. The van der Waals surface area contributed by atoms with E-state index in [1.54, 1.807) is 27.8 Å². The van der Waals surface area contributed by atoms with Gasteiger partial charge >= 0.3 is 6.09 Å². The summed E-state index contributed by atoms with van der Waals surface area (Å²) in [6.07, 6.45) is 2.01. The second-order valence-corrected chi connectivity index (χ2v) is 7.93. The van der Waals surface area contributed by atoms with Gasteiger partial charge in [0.2, 0.25) is 0 Å². The van der Waals surface area contributed by atoms with Crippen molar-refractivity contribution >= 4 is 23.4 Å². The van der Waals surface area contributed by atoms with E-state index in [0.717, 1.165) is 6.29 Å². The summed E-state index contributed by atoms with van der Waals surface area (Å²) < 4.78 is 36.5. The highest BCUT2D eigenvalue weighted by Crippen LogP contribution is 2.35. The summed E-state index contributed by atoms with van der Waals surface area (Å²) in [5, 5.41) is 0. The minimum absolute atomic E-state index is 0.0438. The summed E-state index contributed by atoms with van der Waals surface area (Å²) in [6, 6.07) is 0. The SMILES string of the molecule is CN(CCn1cnc2c(F)c3c(c(F)c21)CC(C=O)C3)C(=O)OC(C)(C)C. The standard InChI is InChI=1S/C19H23F2N3O3/c1-19(2,3)27-18(26)23(4)5-6-24-10-22-16-14(20)12-7-11(9-25)8-13(12)15(21)17(16)24/h9-11H,5-8H2,1-4H3. The number of amides is 1. The van der Waals surface area contributed by atoms with Crippen molar-refractivity contribution in [2.24, 2.45) is 5.92 Å². The van der Waals surface area contributed by atoms with E-state index < -0.39 is 29.2 Å². The van der Waals surface area contributed by atoms with Crippen LogP contribution in [0.4, 0.5) is 13.6 Å². The summed E-state index contributed by atoms with van der Waals surface area (Å²) in [5.74, 6) is -1.50. The first-order valence-electron chi connectivity index (χ1n) is 8.85. The van der Waals surface area contributed by atoms with E-state index in [1.807, 2.05) is 0 Å². The minimum Gasteiger partial charge on any atom is -0.444 e. The van der Waals surface area contributed by atoms with Gasteiger partial charge in [0, 0.05) is 26.1 Å². The molecule has 146 valence electrons. The molecular formula is C19H23F2N3O3. The summed E-state index contributed by atoms with van der Waals surface area (Å²) in [4.78, 5) is 28.4. The topological polar surface area (TPSA) is 64.4 Å². The average Bonchev–Trinajstić information content (AvgIpc) is 3.20. The Labute approximate surface area is 156 Å². The molecule has 0 radical (unpaired) electrons. The lowest BCUT2D eigenvalue weighted by atomic mass is 10.1. The minimum atomic E-state index is -0.613. The Kier molecular flexibility index (Phi) is 4.92. The van der Waals surface area contributed by atoms with E-state index in [9.17, 15) is 14.0 Å². The van der Waals surface area contributed by atoms with E-state index in [-0.39, 0.29) is 48.1 Å². The number of aromatic nitrogens is 2. The third-order valence-electron chi connectivity index (χ3n) is 4.65. The van der Waals surface area contributed by atoms with Crippen molar-refractivity contribution in [2.75, 3.05) is 13.6 Å². The zero-order valence-corrected chi connectivity index (χ0v) is 15.9.